The lowest BCUT2D eigenvalue weighted by Crippen LogP contribution is -2.32. The van der Waals surface area contributed by atoms with Crippen LogP contribution in [0.1, 0.15) is 30.0 Å². The molecule has 1 aliphatic heterocycles. The number of anilines is 1. The van der Waals surface area contributed by atoms with Gasteiger partial charge >= 0.3 is 0 Å². The molecule has 0 aliphatic carbocycles. The zero-order valence-electron chi connectivity index (χ0n) is 22.3. The summed E-state index contributed by atoms with van der Waals surface area (Å²) < 4.78 is 17.1. The lowest BCUT2D eigenvalue weighted by Gasteiger charge is -2.26. The Labute approximate surface area is 241 Å². The number of para-hydroxylation sites is 2. The molecule has 0 saturated carbocycles. The third-order valence-electron chi connectivity index (χ3n) is 6.74. The molecule has 210 valence electrons. The maximum absolute atomic E-state index is 12.9. The first-order valence-electron chi connectivity index (χ1n) is 12.7. The molecule has 41 heavy (non-hydrogen) atoms. The molecule has 0 bridgehead atoms. The van der Waals surface area contributed by atoms with E-state index in [-0.39, 0.29) is 24.1 Å². The molecular formula is C29H27N5O6S. The van der Waals surface area contributed by atoms with Crippen LogP contribution in [-0.2, 0) is 4.79 Å². The van der Waals surface area contributed by atoms with Gasteiger partial charge in [-0.05, 0) is 54.7 Å². The molecule has 12 heteroatoms. The van der Waals surface area contributed by atoms with Gasteiger partial charge in [-0.2, -0.15) is 0 Å². The summed E-state index contributed by atoms with van der Waals surface area (Å²) in [6.07, 6.45) is 1.85. The number of aromatic nitrogens is 1. The highest BCUT2D eigenvalue weighted by atomic mass is 32.1. The Bertz CT molecular complexity index is 1580. The topological polar surface area (TPSA) is 132 Å². The summed E-state index contributed by atoms with van der Waals surface area (Å²) in [5, 5.41) is 17.9. The summed E-state index contributed by atoms with van der Waals surface area (Å²) in [7, 11) is 2.99. The highest BCUT2D eigenvalue weighted by Crippen LogP contribution is 2.42. The van der Waals surface area contributed by atoms with Crippen molar-refractivity contribution in [3.05, 3.63) is 101 Å². The molecule has 0 spiro atoms. The van der Waals surface area contributed by atoms with E-state index in [0.717, 1.165) is 5.69 Å². The first-order chi connectivity index (χ1) is 19.9. The van der Waals surface area contributed by atoms with Gasteiger partial charge in [0.1, 0.15) is 29.1 Å². The van der Waals surface area contributed by atoms with Crippen molar-refractivity contribution in [2.24, 2.45) is 0 Å². The van der Waals surface area contributed by atoms with Crippen molar-refractivity contribution < 1.29 is 23.6 Å². The Morgan fingerprint density at radius 2 is 1.88 bits per heavy atom. The fourth-order valence-corrected chi connectivity index (χ4v) is 5.12. The minimum absolute atomic E-state index is 0.0875. The van der Waals surface area contributed by atoms with Crippen LogP contribution in [0.3, 0.4) is 0 Å². The number of rotatable bonds is 10. The molecule has 1 saturated heterocycles. The van der Waals surface area contributed by atoms with Gasteiger partial charge in [0.05, 0.1) is 48.2 Å². The largest absolute Gasteiger partial charge is 0.496 e. The van der Waals surface area contributed by atoms with Crippen LogP contribution in [0.25, 0.3) is 11.3 Å². The number of thiocarbonyl (C=S) groups is 1. The van der Waals surface area contributed by atoms with Crippen LogP contribution in [0, 0.1) is 10.1 Å². The Balaban J connectivity index is 1.43. The number of ether oxygens (including phenoxy) is 2. The minimum atomic E-state index is -0.482. The number of carbonyl (C=O) groups excluding carboxylic acids is 1. The van der Waals surface area contributed by atoms with Gasteiger partial charge in [0.25, 0.3) is 5.69 Å². The third kappa shape index (κ3) is 5.82. The summed E-state index contributed by atoms with van der Waals surface area (Å²) in [4.78, 5) is 30.1. The second-order valence-electron chi connectivity index (χ2n) is 9.16. The van der Waals surface area contributed by atoms with Gasteiger partial charge in [0.2, 0.25) is 5.91 Å². The second kappa shape index (κ2) is 12.0. The van der Waals surface area contributed by atoms with Crippen LogP contribution in [0.4, 0.5) is 11.4 Å². The number of furan rings is 1. The molecule has 1 aliphatic rings. The van der Waals surface area contributed by atoms with Gasteiger partial charge in [0, 0.05) is 25.2 Å². The van der Waals surface area contributed by atoms with Gasteiger partial charge in [-0.15, -0.1) is 0 Å². The van der Waals surface area contributed by atoms with Crippen molar-refractivity contribution in [2.75, 3.05) is 26.1 Å². The molecule has 0 unspecified atom stereocenters. The predicted octanol–water partition coefficient (Wildman–Crippen LogP) is 5.27. The van der Waals surface area contributed by atoms with E-state index in [1.54, 1.807) is 37.6 Å². The Morgan fingerprint density at radius 1 is 1.10 bits per heavy atom. The SMILES string of the molecule is COc1ccccc1NC(=O)CCN1C(=S)N[C@@H](c2ccccn2)[C@H]1c1ccc(-c2ccc([N+](=O)[O-])cc2OC)o1. The van der Waals surface area contributed by atoms with Crippen LogP contribution in [0.15, 0.2) is 83.4 Å². The molecule has 2 N–H and O–H groups in total. The van der Waals surface area contributed by atoms with Crippen molar-refractivity contribution >= 4 is 34.6 Å². The zero-order valence-corrected chi connectivity index (χ0v) is 23.1. The standard InChI is InChI=1S/C29H27N5O6S/c1-38-23-9-4-3-7-20(23)31-26(35)14-16-33-28(27(32-29(33)41)21-8-5-6-15-30-21)24-13-12-22(40-24)19-11-10-18(34(36)37)17-25(19)39-2/h3-13,15,17,27-28H,14,16H2,1-2H3,(H,31,35)(H,32,41)/t27-,28+/m0/s1. The van der Waals surface area contributed by atoms with Crippen molar-refractivity contribution in [3.63, 3.8) is 0 Å². The molecular weight excluding hydrogens is 546 g/mol. The summed E-state index contributed by atoms with van der Waals surface area (Å²) in [5.41, 5.74) is 1.81. The fourth-order valence-electron chi connectivity index (χ4n) is 4.79. The number of hydrogen-bond donors (Lipinski definition) is 2. The number of nitrogens with one attached hydrogen (secondary N) is 2. The predicted molar refractivity (Wildman–Crippen MR) is 156 cm³/mol. The lowest BCUT2D eigenvalue weighted by atomic mass is 10.0. The Hall–Kier alpha value is -4.97. The van der Waals surface area contributed by atoms with E-state index in [1.165, 1.54) is 19.2 Å². The molecule has 0 radical (unpaired) electrons. The molecule has 2 aromatic heterocycles. The van der Waals surface area contributed by atoms with Crippen LogP contribution in [0.5, 0.6) is 11.5 Å². The lowest BCUT2D eigenvalue weighted by molar-refractivity contribution is -0.384. The van der Waals surface area contributed by atoms with Crippen LogP contribution in [0.2, 0.25) is 0 Å². The van der Waals surface area contributed by atoms with E-state index in [9.17, 15) is 14.9 Å². The minimum Gasteiger partial charge on any atom is -0.496 e. The normalized spacial score (nSPS) is 16.2. The smallest absolute Gasteiger partial charge is 0.273 e. The molecule has 3 heterocycles. The number of pyridine rings is 1. The molecule has 4 aromatic rings. The van der Waals surface area contributed by atoms with Crippen LogP contribution >= 0.6 is 12.2 Å². The van der Waals surface area contributed by atoms with E-state index >= 15 is 0 Å². The van der Waals surface area contributed by atoms with E-state index < -0.39 is 11.0 Å². The number of amides is 1. The second-order valence-corrected chi connectivity index (χ2v) is 9.55. The average Bonchev–Trinajstić information content (AvgIpc) is 3.60. The van der Waals surface area contributed by atoms with Gasteiger partial charge < -0.3 is 29.4 Å². The first-order valence-corrected chi connectivity index (χ1v) is 13.1. The highest BCUT2D eigenvalue weighted by Gasteiger charge is 2.41. The Kier molecular flexibility index (Phi) is 8.11. The maximum Gasteiger partial charge on any atom is 0.273 e. The van der Waals surface area contributed by atoms with E-state index in [4.69, 9.17) is 26.1 Å². The van der Waals surface area contributed by atoms with Crippen LogP contribution < -0.4 is 20.1 Å². The van der Waals surface area contributed by atoms with E-state index in [2.05, 4.69) is 15.6 Å². The summed E-state index contributed by atoms with van der Waals surface area (Å²) in [6.45, 7) is 0.303. The van der Waals surface area contributed by atoms with Gasteiger partial charge in [0.15, 0.2) is 5.11 Å². The van der Waals surface area contributed by atoms with Crippen molar-refractivity contribution in [1.82, 2.24) is 15.2 Å². The fraction of sp³-hybridized carbons (Fsp3) is 0.207. The summed E-state index contributed by atoms with van der Waals surface area (Å²) >= 11 is 5.70. The van der Waals surface area contributed by atoms with Gasteiger partial charge in [-0.25, -0.2) is 0 Å². The average molecular weight is 574 g/mol. The van der Waals surface area contributed by atoms with Gasteiger partial charge in [-0.3, -0.25) is 19.9 Å². The number of nitro benzene ring substituents is 1. The maximum atomic E-state index is 12.9. The van der Waals surface area contributed by atoms with Crippen molar-refractivity contribution in [2.45, 2.75) is 18.5 Å². The van der Waals surface area contributed by atoms with Crippen molar-refractivity contribution in [3.8, 4) is 22.8 Å². The Morgan fingerprint density at radius 3 is 2.61 bits per heavy atom. The molecule has 11 nitrogen and oxygen atoms in total. The molecule has 1 fully saturated rings. The number of carbonyl (C=O) groups is 1. The third-order valence-corrected chi connectivity index (χ3v) is 7.09. The monoisotopic (exact) mass is 573 g/mol. The van der Waals surface area contributed by atoms with E-state index in [1.807, 2.05) is 41.3 Å². The number of nitro groups is 1. The molecule has 2 aromatic carbocycles. The molecule has 2 atom stereocenters. The number of nitrogens with zero attached hydrogens (tertiary/aromatic N) is 3. The van der Waals surface area contributed by atoms with Crippen LogP contribution in [-0.4, -0.2) is 46.6 Å². The highest BCUT2D eigenvalue weighted by molar-refractivity contribution is 7.80. The number of methoxy groups -OCH3 is 2. The molecule has 5 rings (SSSR count). The van der Waals surface area contributed by atoms with Gasteiger partial charge in [-0.1, -0.05) is 18.2 Å². The quantitative estimate of drug-likeness (QED) is 0.147. The van der Waals surface area contributed by atoms with Crippen molar-refractivity contribution in [1.29, 1.82) is 0 Å². The number of hydrogen-bond acceptors (Lipinski definition) is 8. The van der Waals surface area contributed by atoms with E-state index in [0.29, 0.717) is 45.9 Å². The number of benzene rings is 2. The first kappa shape index (κ1) is 27.6. The number of non-ortho nitro benzene ring substituents is 1. The summed E-state index contributed by atoms with van der Waals surface area (Å²) in [5.74, 6) is 1.73. The molecule has 1 amide bonds. The summed E-state index contributed by atoms with van der Waals surface area (Å²) in [6, 6.07) is 20.0. The zero-order chi connectivity index (χ0) is 28.9.